The van der Waals surface area contributed by atoms with Crippen LogP contribution in [0.3, 0.4) is 0 Å². The Morgan fingerprint density at radius 3 is 1.12 bits per heavy atom. The van der Waals surface area contributed by atoms with Crippen molar-refractivity contribution in [3.05, 3.63) is 156 Å². The minimum Gasteiger partial charge on any atom is -0.340 e. The number of benzene rings is 4. The number of aromatic nitrogens is 4. The quantitative estimate of drug-likeness (QED) is 0.109. The number of nitrogens with zero attached hydrogens (tertiary/aromatic N) is 8. The second-order valence-electron chi connectivity index (χ2n) is 15.0. The average molecular weight is 767 g/mol. The molecular formula is C48H46N8O2. The molecule has 0 N–H and O–H groups in total. The lowest BCUT2D eigenvalue weighted by atomic mass is 10.0. The zero-order chi connectivity index (χ0) is 40.2. The van der Waals surface area contributed by atoms with Crippen LogP contribution in [-0.2, 0) is 13.1 Å². The lowest BCUT2D eigenvalue weighted by molar-refractivity contribution is 0.0774. The zero-order valence-electron chi connectivity index (χ0n) is 33.3. The highest BCUT2D eigenvalue weighted by Gasteiger charge is 2.19. The van der Waals surface area contributed by atoms with E-state index < -0.39 is 0 Å². The van der Waals surface area contributed by atoms with E-state index in [1.807, 2.05) is 38.4 Å². The number of hydrogen-bond acceptors (Lipinski definition) is 8. The van der Waals surface area contributed by atoms with Gasteiger partial charge in [0, 0.05) is 98.4 Å². The lowest BCUT2D eigenvalue weighted by Gasteiger charge is -2.24. The first kappa shape index (κ1) is 38.3. The van der Waals surface area contributed by atoms with Gasteiger partial charge in [0.25, 0.3) is 11.8 Å². The van der Waals surface area contributed by atoms with Gasteiger partial charge in [-0.2, -0.15) is 0 Å². The highest BCUT2D eigenvalue weighted by Crippen LogP contribution is 2.28. The summed E-state index contributed by atoms with van der Waals surface area (Å²) in [6.45, 7) is 3.87. The smallest absolute Gasteiger partial charge is 0.253 e. The van der Waals surface area contributed by atoms with E-state index in [9.17, 15) is 9.59 Å². The molecule has 0 saturated carbocycles. The van der Waals surface area contributed by atoms with Crippen LogP contribution in [0.15, 0.2) is 134 Å². The largest absolute Gasteiger partial charge is 0.340 e. The number of hydrogen-bond donors (Lipinski definition) is 0. The summed E-state index contributed by atoms with van der Waals surface area (Å²) in [6.07, 6.45) is 3.24. The molecule has 10 nitrogen and oxygen atoms in total. The van der Waals surface area contributed by atoms with E-state index in [1.165, 1.54) is 11.1 Å². The SMILES string of the molecule is CN(CCN(C)C(=O)c1ccnc(-c2cc(C(=O)N(C)CCN(C)Cc3c4ccccc4nc4ccccc34)ccn2)c1)Cc1c2ccccc2nc2ccccc12. The summed E-state index contributed by atoms with van der Waals surface area (Å²) in [7, 11) is 7.79. The summed E-state index contributed by atoms with van der Waals surface area (Å²) in [5.41, 5.74) is 8.44. The molecule has 0 aliphatic carbocycles. The predicted octanol–water partition coefficient (Wildman–Crippen LogP) is 7.95. The van der Waals surface area contributed by atoms with Gasteiger partial charge in [-0.3, -0.25) is 19.6 Å². The van der Waals surface area contributed by atoms with Gasteiger partial charge in [0.15, 0.2) is 0 Å². The van der Waals surface area contributed by atoms with Gasteiger partial charge in [-0.25, -0.2) is 9.97 Å². The Hall–Kier alpha value is -6.62. The third-order valence-electron chi connectivity index (χ3n) is 10.9. The fourth-order valence-electron chi connectivity index (χ4n) is 7.59. The Balaban J connectivity index is 0.890. The van der Waals surface area contributed by atoms with Crippen LogP contribution in [0, 0.1) is 0 Å². The molecule has 0 aliphatic heterocycles. The van der Waals surface area contributed by atoms with Gasteiger partial charge in [0.2, 0.25) is 0 Å². The second-order valence-corrected chi connectivity index (χ2v) is 15.0. The van der Waals surface area contributed by atoms with Crippen LogP contribution < -0.4 is 0 Å². The van der Waals surface area contributed by atoms with Gasteiger partial charge >= 0.3 is 0 Å². The van der Waals surface area contributed by atoms with Crippen LogP contribution in [0.4, 0.5) is 0 Å². The molecule has 0 atom stereocenters. The number of pyridine rings is 4. The standard InChI is InChI=1S/C48H46N8O2/c1-53(31-39-35-13-5-9-17-41(35)51-42-18-10-6-14-36(39)42)25-27-55(3)47(57)33-21-23-49-45(29-33)46-30-34(22-24-50-46)48(58)56(4)28-26-54(2)32-40-37-15-7-11-19-43(37)52-44-20-12-8-16-38(40)44/h5-24,29-30H,25-28,31-32H2,1-4H3. The summed E-state index contributed by atoms with van der Waals surface area (Å²) < 4.78 is 0. The first-order chi connectivity index (χ1) is 28.2. The van der Waals surface area contributed by atoms with Crippen LogP contribution in [0.5, 0.6) is 0 Å². The van der Waals surface area contributed by atoms with Gasteiger partial charge < -0.3 is 19.6 Å². The monoisotopic (exact) mass is 766 g/mol. The molecule has 0 spiro atoms. The molecule has 290 valence electrons. The van der Waals surface area contributed by atoms with Gasteiger partial charge in [-0.15, -0.1) is 0 Å². The third kappa shape index (κ3) is 8.11. The molecule has 2 amide bonds. The van der Waals surface area contributed by atoms with E-state index in [-0.39, 0.29) is 11.8 Å². The fraction of sp³-hybridized carbons (Fsp3) is 0.208. The minimum atomic E-state index is -0.110. The molecule has 4 aromatic carbocycles. The highest BCUT2D eigenvalue weighted by molar-refractivity contribution is 5.99. The van der Waals surface area contributed by atoms with Crippen LogP contribution in [0.25, 0.3) is 55.0 Å². The number of carbonyl (C=O) groups excluding carboxylic acids is 2. The van der Waals surface area contributed by atoms with E-state index in [0.29, 0.717) is 48.7 Å². The number of rotatable bonds is 13. The molecule has 4 heterocycles. The Morgan fingerprint density at radius 2 is 0.776 bits per heavy atom. The van der Waals surface area contributed by atoms with Gasteiger partial charge in [-0.05, 0) is 73.8 Å². The maximum absolute atomic E-state index is 13.7. The number of para-hydroxylation sites is 4. The van der Waals surface area contributed by atoms with E-state index in [2.05, 4.69) is 107 Å². The molecule has 0 bridgehead atoms. The van der Waals surface area contributed by atoms with Crippen LogP contribution in [-0.4, -0.2) is 106 Å². The molecule has 8 rings (SSSR count). The predicted molar refractivity (Wildman–Crippen MR) is 233 cm³/mol. The number of fused-ring (bicyclic) bond motifs is 4. The molecule has 0 fully saturated rings. The molecule has 4 aromatic heterocycles. The Bertz CT molecular complexity index is 2490. The topological polar surface area (TPSA) is 98.7 Å². The highest BCUT2D eigenvalue weighted by atomic mass is 16.2. The van der Waals surface area contributed by atoms with E-state index in [4.69, 9.17) is 9.97 Å². The van der Waals surface area contributed by atoms with Crippen molar-refractivity contribution in [3.63, 3.8) is 0 Å². The Kier molecular flexibility index (Phi) is 11.1. The molecule has 0 unspecified atom stereocenters. The van der Waals surface area contributed by atoms with Crippen molar-refractivity contribution in [2.45, 2.75) is 13.1 Å². The number of amides is 2. The molecule has 0 aliphatic rings. The first-order valence-electron chi connectivity index (χ1n) is 19.6. The average Bonchev–Trinajstić information content (AvgIpc) is 3.26. The van der Waals surface area contributed by atoms with E-state index in [1.54, 1.807) is 46.5 Å². The summed E-state index contributed by atoms with van der Waals surface area (Å²) in [5.74, 6) is -0.221. The maximum Gasteiger partial charge on any atom is 0.253 e. The summed E-state index contributed by atoms with van der Waals surface area (Å²) >= 11 is 0. The van der Waals surface area contributed by atoms with Gasteiger partial charge in [0.1, 0.15) is 0 Å². The molecule has 8 aromatic rings. The van der Waals surface area contributed by atoms with Crippen LogP contribution in [0.2, 0.25) is 0 Å². The van der Waals surface area contributed by atoms with Crippen LogP contribution in [0.1, 0.15) is 31.8 Å². The molecule has 0 saturated heterocycles. The molecule has 58 heavy (non-hydrogen) atoms. The van der Waals surface area contributed by atoms with Gasteiger partial charge in [0.05, 0.1) is 33.5 Å². The minimum absolute atomic E-state index is 0.110. The molecule has 10 heteroatoms. The van der Waals surface area contributed by atoms with Crippen LogP contribution >= 0.6 is 0 Å². The number of carbonyl (C=O) groups is 2. The van der Waals surface area contributed by atoms with Crippen molar-refractivity contribution in [3.8, 4) is 11.4 Å². The van der Waals surface area contributed by atoms with Crippen molar-refractivity contribution >= 4 is 55.4 Å². The van der Waals surface area contributed by atoms with Crippen molar-refractivity contribution in [2.24, 2.45) is 0 Å². The fourth-order valence-corrected chi connectivity index (χ4v) is 7.59. The summed E-state index contributed by atoms with van der Waals surface area (Å²) in [5, 5.41) is 4.56. The third-order valence-corrected chi connectivity index (χ3v) is 10.9. The second kappa shape index (κ2) is 16.9. The van der Waals surface area contributed by atoms with Crippen molar-refractivity contribution in [1.82, 2.24) is 39.5 Å². The number of likely N-dealkylation sites (N-methyl/N-ethyl adjacent to an activating group) is 4. The maximum atomic E-state index is 13.7. The Labute approximate surface area is 338 Å². The first-order valence-corrected chi connectivity index (χ1v) is 19.6. The lowest BCUT2D eigenvalue weighted by Crippen LogP contribution is -2.34. The van der Waals surface area contributed by atoms with Crippen molar-refractivity contribution in [2.75, 3.05) is 54.4 Å². The Morgan fingerprint density at radius 1 is 0.448 bits per heavy atom. The normalized spacial score (nSPS) is 11.6. The van der Waals surface area contributed by atoms with Crippen molar-refractivity contribution < 1.29 is 9.59 Å². The molecular weight excluding hydrogens is 721 g/mol. The van der Waals surface area contributed by atoms with Crippen molar-refractivity contribution in [1.29, 1.82) is 0 Å². The zero-order valence-corrected chi connectivity index (χ0v) is 33.3. The van der Waals surface area contributed by atoms with E-state index >= 15 is 0 Å². The van der Waals surface area contributed by atoms with E-state index in [0.717, 1.165) is 56.7 Å². The van der Waals surface area contributed by atoms with Gasteiger partial charge in [-0.1, -0.05) is 72.8 Å². The summed E-state index contributed by atoms with van der Waals surface area (Å²) in [6, 6.07) is 39.9. The summed E-state index contributed by atoms with van der Waals surface area (Å²) in [4.78, 5) is 54.1. The molecule has 0 radical (unpaired) electrons.